The van der Waals surface area contributed by atoms with Crippen molar-refractivity contribution < 1.29 is 0 Å². The lowest BCUT2D eigenvalue weighted by molar-refractivity contribution is 0.364. The summed E-state index contributed by atoms with van der Waals surface area (Å²) in [7, 11) is 0. The van der Waals surface area contributed by atoms with E-state index >= 15 is 0 Å². The minimum atomic E-state index is 0.138. The molecule has 3 nitrogen and oxygen atoms in total. The van der Waals surface area contributed by atoms with Crippen molar-refractivity contribution in [2.24, 2.45) is 5.41 Å². The second-order valence-corrected chi connectivity index (χ2v) is 4.93. The van der Waals surface area contributed by atoms with E-state index in [1.165, 1.54) is 0 Å². The summed E-state index contributed by atoms with van der Waals surface area (Å²) in [5, 5.41) is 11.9. The first-order valence-corrected chi connectivity index (χ1v) is 5.56. The molecule has 3 heteroatoms. The Hall–Kier alpha value is -1.56. The number of pyridine rings is 1. The Kier molecular flexibility index (Phi) is 4.30. The van der Waals surface area contributed by atoms with E-state index in [9.17, 15) is 0 Å². The molecule has 0 aliphatic rings. The van der Waals surface area contributed by atoms with Gasteiger partial charge in [0.15, 0.2) is 0 Å². The molecule has 16 heavy (non-hydrogen) atoms. The first-order chi connectivity index (χ1) is 7.53. The van der Waals surface area contributed by atoms with Crippen molar-refractivity contribution in [3.05, 3.63) is 24.0 Å². The summed E-state index contributed by atoms with van der Waals surface area (Å²) in [5.74, 6) is 0. The molecule has 0 fully saturated rings. The van der Waals surface area contributed by atoms with E-state index in [0.717, 1.165) is 24.2 Å². The number of nitriles is 1. The van der Waals surface area contributed by atoms with Gasteiger partial charge in [0.1, 0.15) is 0 Å². The van der Waals surface area contributed by atoms with E-state index in [-0.39, 0.29) is 5.41 Å². The second kappa shape index (κ2) is 5.50. The summed E-state index contributed by atoms with van der Waals surface area (Å²) >= 11 is 0. The van der Waals surface area contributed by atoms with Gasteiger partial charge in [0.05, 0.1) is 11.8 Å². The molecule has 0 aliphatic heterocycles. The highest BCUT2D eigenvalue weighted by Crippen LogP contribution is 2.22. The van der Waals surface area contributed by atoms with Gasteiger partial charge in [0.2, 0.25) is 0 Å². The topological polar surface area (TPSA) is 48.7 Å². The molecule has 0 bridgehead atoms. The van der Waals surface area contributed by atoms with Crippen LogP contribution in [0.25, 0.3) is 0 Å². The van der Waals surface area contributed by atoms with Crippen LogP contribution >= 0.6 is 0 Å². The van der Waals surface area contributed by atoms with E-state index in [1.54, 1.807) is 0 Å². The number of anilines is 1. The fraction of sp³-hybridized carbons (Fsp3) is 0.538. The summed E-state index contributed by atoms with van der Waals surface area (Å²) in [6, 6.07) is 4.27. The van der Waals surface area contributed by atoms with Crippen molar-refractivity contribution in [3.63, 3.8) is 0 Å². The molecular weight excluding hydrogens is 198 g/mol. The van der Waals surface area contributed by atoms with Crippen LogP contribution in [0.5, 0.6) is 0 Å². The van der Waals surface area contributed by atoms with Gasteiger partial charge in [0, 0.05) is 25.4 Å². The average molecular weight is 217 g/mol. The van der Waals surface area contributed by atoms with Crippen molar-refractivity contribution in [3.8, 4) is 6.07 Å². The lowest BCUT2D eigenvalue weighted by Gasteiger charge is -2.24. The van der Waals surface area contributed by atoms with Crippen molar-refractivity contribution in [2.45, 2.75) is 33.6 Å². The predicted octanol–water partition coefficient (Wildman–Crippen LogP) is 3.13. The third-order valence-corrected chi connectivity index (χ3v) is 2.56. The average Bonchev–Trinajstić information content (AvgIpc) is 2.24. The third kappa shape index (κ3) is 4.31. The number of rotatable bonds is 5. The van der Waals surface area contributed by atoms with Crippen LogP contribution in [0.3, 0.4) is 0 Å². The fourth-order valence-corrected chi connectivity index (χ4v) is 1.48. The lowest BCUT2D eigenvalue weighted by Crippen LogP contribution is -2.22. The Morgan fingerprint density at radius 3 is 2.81 bits per heavy atom. The van der Waals surface area contributed by atoms with Crippen LogP contribution in [0.2, 0.25) is 0 Å². The minimum absolute atomic E-state index is 0.138. The molecule has 0 aromatic carbocycles. The number of hydrogen-bond donors (Lipinski definition) is 1. The fourth-order valence-electron chi connectivity index (χ4n) is 1.48. The van der Waals surface area contributed by atoms with E-state index in [0.29, 0.717) is 6.42 Å². The Balaban J connectivity index is 2.48. The maximum absolute atomic E-state index is 8.57. The molecule has 0 spiro atoms. The molecule has 1 aromatic rings. The van der Waals surface area contributed by atoms with Gasteiger partial charge in [-0.15, -0.1) is 0 Å². The molecule has 0 atom stereocenters. The van der Waals surface area contributed by atoms with Crippen LogP contribution < -0.4 is 5.32 Å². The maximum atomic E-state index is 8.57. The molecule has 0 unspecified atom stereocenters. The summed E-state index contributed by atoms with van der Waals surface area (Å²) in [6.45, 7) is 7.22. The Morgan fingerprint density at radius 2 is 2.19 bits per heavy atom. The number of nitrogens with one attached hydrogen (secondary N) is 1. The number of nitrogens with zero attached hydrogens (tertiary/aromatic N) is 2. The molecular formula is C13H19N3. The monoisotopic (exact) mass is 217 g/mol. The van der Waals surface area contributed by atoms with Crippen LogP contribution in [-0.4, -0.2) is 11.5 Å². The highest BCUT2D eigenvalue weighted by atomic mass is 14.9. The molecule has 1 aromatic heterocycles. The van der Waals surface area contributed by atoms with Gasteiger partial charge in [0.25, 0.3) is 0 Å². The normalized spacial score (nSPS) is 10.9. The zero-order valence-electron chi connectivity index (χ0n) is 10.2. The molecule has 0 saturated carbocycles. The van der Waals surface area contributed by atoms with E-state index in [2.05, 4.69) is 36.3 Å². The predicted molar refractivity (Wildman–Crippen MR) is 66.1 cm³/mol. The third-order valence-electron chi connectivity index (χ3n) is 2.56. The van der Waals surface area contributed by atoms with Gasteiger partial charge in [-0.1, -0.05) is 13.8 Å². The molecule has 0 radical (unpaired) electrons. The molecule has 86 valence electrons. The maximum Gasteiger partial charge on any atom is 0.0621 e. The van der Waals surface area contributed by atoms with Crippen molar-refractivity contribution in [2.75, 3.05) is 11.9 Å². The quantitative estimate of drug-likeness (QED) is 0.824. The highest BCUT2D eigenvalue weighted by molar-refractivity contribution is 5.42. The van der Waals surface area contributed by atoms with Crippen molar-refractivity contribution >= 4 is 5.69 Å². The Labute approximate surface area is 97.5 Å². The van der Waals surface area contributed by atoms with E-state index in [4.69, 9.17) is 5.26 Å². The number of hydrogen-bond acceptors (Lipinski definition) is 3. The van der Waals surface area contributed by atoms with Crippen LogP contribution in [0.1, 0.15) is 32.3 Å². The van der Waals surface area contributed by atoms with Gasteiger partial charge < -0.3 is 5.32 Å². The first kappa shape index (κ1) is 12.5. The highest BCUT2D eigenvalue weighted by Gasteiger charge is 2.16. The standard InChI is InChI=1S/C13H19N3/c1-11-7-12(9-15-8-11)16-10-13(2,3)5-4-6-14/h7-9,16H,4-5,10H2,1-3H3. The molecule has 1 heterocycles. The van der Waals surface area contributed by atoms with E-state index in [1.807, 2.05) is 19.3 Å². The van der Waals surface area contributed by atoms with Gasteiger partial charge in [-0.2, -0.15) is 5.26 Å². The number of aryl methyl sites for hydroxylation is 1. The first-order valence-electron chi connectivity index (χ1n) is 5.56. The summed E-state index contributed by atoms with van der Waals surface area (Å²) in [5.41, 5.74) is 2.34. The summed E-state index contributed by atoms with van der Waals surface area (Å²) in [4.78, 5) is 4.13. The van der Waals surface area contributed by atoms with Gasteiger partial charge in [-0.25, -0.2) is 0 Å². The van der Waals surface area contributed by atoms with Gasteiger partial charge >= 0.3 is 0 Å². The molecule has 1 rings (SSSR count). The number of aromatic nitrogens is 1. The largest absolute Gasteiger partial charge is 0.383 e. The molecule has 0 saturated heterocycles. The van der Waals surface area contributed by atoms with Crippen LogP contribution in [-0.2, 0) is 0 Å². The van der Waals surface area contributed by atoms with Gasteiger partial charge in [-0.3, -0.25) is 4.98 Å². The second-order valence-electron chi connectivity index (χ2n) is 4.93. The summed E-state index contributed by atoms with van der Waals surface area (Å²) in [6.07, 6.45) is 5.19. The van der Waals surface area contributed by atoms with Gasteiger partial charge in [-0.05, 0) is 30.4 Å². The lowest BCUT2D eigenvalue weighted by atomic mass is 9.88. The van der Waals surface area contributed by atoms with Crippen LogP contribution in [0, 0.1) is 23.7 Å². The van der Waals surface area contributed by atoms with Crippen molar-refractivity contribution in [1.82, 2.24) is 4.98 Å². The van der Waals surface area contributed by atoms with E-state index < -0.39 is 0 Å². The SMILES string of the molecule is Cc1cncc(NCC(C)(C)CCC#N)c1. The zero-order chi connectivity index (χ0) is 12.0. The minimum Gasteiger partial charge on any atom is -0.383 e. The Morgan fingerprint density at radius 1 is 1.44 bits per heavy atom. The zero-order valence-corrected chi connectivity index (χ0v) is 10.2. The van der Waals surface area contributed by atoms with Crippen LogP contribution in [0.4, 0.5) is 5.69 Å². The molecule has 0 amide bonds. The smallest absolute Gasteiger partial charge is 0.0621 e. The molecule has 0 aliphatic carbocycles. The van der Waals surface area contributed by atoms with Crippen LogP contribution in [0.15, 0.2) is 18.5 Å². The molecule has 1 N–H and O–H groups in total. The summed E-state index contributed by atoms with van der Waals surface area (Å²) < 4.78 is 0. The Bertz CT molecular complexity index is 377. The van der Waals surface area contributed by atoms with Crippen molar-refractivity contribution in [1.29, 1.82) is 5.26 Å².